The molecule has 198 valence electrons. The van der Waals surface area contributed by atoms with E-state index >= 15 is 0 Å². The van der Waals surface area contributed by atoms with Crippen molar-refractivity contribution in [3.63, 3.8) is 0 Å². The lowest BCUT2D eigenvalue weighted by Crippen LogP contribution is -2.61. The normalized spacial score (nSPS) is 23.1. The molecule has 0 saturated carbocycles. The molecule has 2 aromatic carbocycles. The summed E-state index contributed by atoms with van der Waals surface area (Å²) in [6, 6.07) is 13.5. The molecule has 0 spiro atoms. The number of nitrogens with two attached hydrogens (primary N) is 1. The molecule has 0 unspecified atom stereocenters. The third-order valence-electron chi connectivity index (χ3n) is 7.14. The van der Waals surface area contributed by atoms with E-state index in [9.17, 15) is 22.8 Å². The molecule has 11 heteroatoms. The number of carbonyl (C=O) groups excluding carboxylic acids is 1. The maximum atomic E-state index is 13.4. The summed E-state index contributed by atoms with van der Waals surface area (Å²) in [7, 11) is 0. The van der Waals surface area contributed by atoms with Crippen molar-refractivity contribution in [2.45, 2.75) is 56.5 Å². The predicted octanol–water partition coefficient (Wildman–Crippen LogP) is 3.53. The number of ether oxygens (including phenoxy) is 1. The van der Waals surface area contributed by atoms with Crippen LogP contribution in [0.3, 0.4) is 0 Å². The smallest absolute Gasteiger partial charge is 0.372 e. The fourth-order valence-corrected chi connectivity index (χ4v) is 5.09. The second-order valence-electron chi connectivity index (χ2n) is 9.78. The van der Waals surface area contributed by atoms with Crippen molar-refractivity contribution < 1.29 is 22.7 Å². The van der Waals surface area contributed by atoms with Crippen LogP contribution in [0.25, 0.3) is 0 Å². The average Bonchev–Trinajstić information content (AvgIpc) is 3.29. The topological polar surface area (TPSA) is 115 Å². The molecular formula is C26H30F3N5O3. The molecule has 1 aliphatic rings. The van der Waals surface area contributed by atoms with Gasteiger partial charge in [0, 0.05) is 6.54 Å². The molecule has 0 bridgehead atoms. The van der Waals surface area contributed by atoms with E-state index in [1.54, 1.807) is 19.9 Å². The van der Waals surface area contributed by atoms with E-state index in [-0.39, 0.29) is 19.6 Å². The molecule has 4 N–H and O–H groups in total. The minimum atomic E-state index is -4.45. The van der Waals surface area contributed by atoms with Crippen LogP contribution >= 0.6 is 0 Å². The summed E-state index contributed by atoms with van der Waals surface area (Å²) < 4.78 is 47.7. The number of aromatic nitrogens is 3. The molecule has 3 aromatic rings. The standard InChI is InChI=1S/C26H30F3N5O3/c1-17-10-19(12-21(11-17)26(27,28)29)18(2)37-15-25(20-6-4-3-5-7-20)9-8-24(14-31-25,13-22(30)35)34-16-32-33-23(34)36/h3-7,10-12,16,18,31H,8-9,13-15H2,1-2H3,(H2,30,35)(H,33,36)/t18-,24-,25-/m1/s1. The Balaban J connectivity index is 1.61. The van der Waals surface area contributed by atoms with E-state index in [1.807, 2.05) is 30.3 Å². The van der Waals surface area contributed by atoms with Gasteiger partial charge in [0.2, 0.25) is 5.91 Å². The van der Waals surface area contributed by atoms with Gasteiger partial charge in [-0.1, -0.05) is 42.0 Å². The largest absolute Gasteiger partial charge is 0.416 e. The minimum Gasteiger partial charge on any atom is -0.372 e. The van der Waals surface area contributed by atoms with Crippen molar-refractivity contribution in [3.05, 3.63) is 87.6 Å². The Morgan fingerprint density at radius 1 is 1.22 bits per heavy atom. The van der Waals surface area contributed by atoms with Crippen LogP contribution in [-0.2, 0) is 26.8 Å². The number of piperidine rings is 1. The third kappa shape index (κ3) is 5.62. The van der Waals surface area contributed by atoms with Gasteiger partial charge in [0.1, 0.15) is 6.33 Å². The van der Waals surface area contributed by atoms with E-state index < -0.39 is 40.5 Å². The number of hydrogen-bond donors (Lipinski definition) is 3. The zero-order chi connectivity index (χ0) is 26.8. The monoisotopic (exact) mass is 517 g/mol. The number of aromatic amines is 1. The molecule has 8 nitrogen and oxygen atoms in total. The van der Waals surface area contributed by atoms with Crippen LogP contribution in [0.4, 0.5) is 13.2 Å². The number of primary amides is 1. The van der Waals surface area contributed by atoms with Crippen LogP contribution in [-0.4, -0.2) is 33.8 Å². The summed E-state index contributed by atoms with van der Waals surface area (Å²) >= 11 is 0. The van der Waals surface area contributed by atoms with Gasteiger partial charge < -0.3 is 15.8 Å². The summed E-state index contributed by atoms with van der Waals surface area (Å²) in [6.07, 6.45) is -2.89. The van der Waals surface area contributed by atoms with Crippen LogP contribution in [0.5, 0.6) is 0 Å². The second-order valence-corrected chi connectivity index (χ2v) is 9.78. The Hall–Kier alpha value is -3.44. The van der Waals surface area contributed by atoms with E-state index in [0.717, 1.165) is 17.7 Å². The highest BCUT2D eigenvalue weighted by atomic mass is 19.4. The van der Waals surface area contributed by atoms with E-state index in [0.29, 0.717) is 24.0 Å². The minimum absolute atomic E-state index is 0.0644. The lowest BCUT2D eigenvalue weighted by molar-refractivity contribution is -0.137. The SMILES string of the molecule is Cc1cc([C@@H](C)OC[C@@]2(c3ccccc3)CC[C@](CC(N)=O)(n3cn[nH]c3=O)CN2)cc(C(F)(F)F)c1. The van der Waals surface area contributed by atoms with Crippen molar-refractivity contribution in [1.29, 1.82) is 0 Å². The first-order chi connectivity index (χ1) is 17.4. The lowest BCUT2D eigenvalue weighted by atomic mass is 9.75. The Labute approximate surface area is 212 Å². The Morgan fingerprint density at radius 3 is 2.51 bits per heavy atom. The Bertz CT molecular complexity index is 1290. The fraction of sp³-hybridized carbons (Fsp3) is 0.423. The molecule has 0 radical (unpaired) electrons. The van der Waals surface area contributed by atoms with Gasteiger partial charge in [-0.2, -0.15) is 18.3 Å². The summed E-state index contributed by atoms with van der Waals surface area (Å²) in [5.41, 5.74) is 4.61. The number of aryl methyl sites for hydroxylation is 1. The number of hydrogen-bond acceptors (Lipinski definition) is 5. The summed E-state index contributed by atoms with van der Waals surface area (Å²) in [6.45, 7) is 3.72. The van der Waals surface area contributed by atoms with Crippen molar-refractivity contribution in [2.75, 3.05) is 13.2 Å². The van der Waals surface area contributed by atoms with Crippen LogP contribution in [0, 0.1) is 6.92 Å². The van der Waals surface area contributed by atoms with Crippen LogP contribution in [0.2, 0.25) is 0 Å². The summed E-state index contributed by atoms with van der Waals surface area (Å²) in [5.74, 6) is -0.549. The van der Waals surface area contributed by atoms with Gasteiger partial charge >= 0.3 is 11.9 Å². The van der Waals surface area contributed by atoms with Gasteiger partial charge in [0.25, 0.3) is 0 Å². The first-order valence-corrected chi connectivity index (χ1v) is 12.0. The highest BCUT2D eigenvalue weighted by Gasteiger charge is 2.46. The van der Waals surface area contributed by atoms with Gasteiger partial charge in [0.05, 0.1) is 35.8 Å². The third-order valence-corrected chi connectivity index (χ3v) is 7.14. The number of halogens is 3. The van der Waals surface area contributed by atoms with Crippen molar-refractivity contribution >= 4 is 5.91 Å². The van der Waals surface area contributed by atoms with Crippen LogP contribution in [0.1, 0.15) is 54.5 Å². The predicted molar refractivity (Wildman–Crippen MR) is 131 cm³/mol. The van der Waals surface area contributed by atoms with Gasteiger partial charge in [-0.25, -0.2) is 9.89 Å². The van der Waals surface area contributed by atoms with E-state index in [1.165, 1.54) is 10.9 Å². The molecule has 1 aromatic heterocycles. The van der Waals surface area contributed by atoms with Gasteiger partial charge in [0.15, 0.2) is 0 Å². The molecule has 2 heterocycles. The molecule has 1 amide bonds. The van der Waals surface area contributed by atoms with Crippen molar-refractivity contribution in [3.8, 4) is 0 Å². The number of H-pyrrole nitrogens is 1. The van der Waals surface area contributed by atoms with E-state index in [4.69, 9.17) is 10.5 Å². The quantitative estimate of drug-likeness (QED) is 0.423. The number of nitrogens with one attached hydrogen (secondary N) is 2. The molecule has 4 rings (SSSR count). The highest BCUT2D eigenvalue weighted by molar-refractivity contribution is 5.75. The fourth-order valence-electron chi connectivity index (χ4n) is 5.09. The zero-order valence-corrected chi connectivity index (χ0v) is 20.6. The molecule has 1 saturated heterocycles. The zero-order valence-electron chi connectivity index (χ0n) is 20.6. The molecular weight excluding hydrogens is 487 g/mol. The number of rotatable bonds is 8. The van der Waals surface area contributed by atoms with Crippen molar-refractivity contribution in [2.24, 2.45) is 5.73 Å². The molecule has 3 atom stereocenters. The highest BCUT2D eigenvalue weighted by Crippen LogP contribution is 2.40. The van der Waals surface area contributed by atoms with Gasteiger partial charge in [-0.05, 0) is 49.9 Å². The van der Waals surface area contributed by atoms with Gasteiger partial charge in [-0.3, -0.25) is 9.36 Å². The van der Waals surface area contributed by atoms with E-state index in [2.05, 4.69) is 15.5 Å². The van der Waals surface area contributed by atoms with Crippen molar-refractivity contribution in [1.82, 2.24) is 20.1 Å². The number of amides is 1. The summed E-state index contributed by atoms with van der Waals surface area (Å²) in [5, 5.41) is 9.68. The number of carbonyl (C=O) groups is 1. The Kier molecular flexibility index (Phi) is 7.29. The maximum Gasteiger partial charge on any atom is 0.416 e. The first-order valence-electron chi connectivity index (χ1n) is 12.0. The maximum absolute atomic E-state index is 13.4. The molecule has 37 heavy (non-hydrogen) atoms. The molecule has 0 aliphatic carbocycles. The number of benzene rings is 2. The first kappa shape index (κ1) is 26.6. The lowest BCUT2D eigenvalue weighted by Gasteiger charge is -2.47. The summed E-state index contributed by atoms with van der Waals surface area (Å²) in [4.78, 5) is 24.3. The Morgan fingerprint density at radius 2 is 1.95 bits per heavy atom. The second kappa shape index (κ2) is 10.1. The van der Waals surface area contributed by atoms with Crippen LogP contribution in [0.15, 0.2) is 59.7 Å². The number of nitrogens with zero attached hydrogens (tertiary/aromatic N) is 2. The van der Waals surface area contributed by atoms with Crippen LogP contribution < -0.4 is 16.7 Å². The van der Waals surface area contributed by atoms with Gasteiger partial charge in [-0.15, -0.1) is 0 Å². The molecule has 1 aliphatic heterocycles. The number of alkyl halides is 3. The average molecular weight is 518 g/mol. The molecule has 1 fully saturated rings.